The molecule has 0 saturated carbocycles. The topological polar surface area (TPSA) is 182 Å². The smallest absolute Gasteiger partial charge is 0.780 e. The van der Waals surface area contributed by atoms with E-state index in [1.165, 1.54) is 0 Å². The minimum Gasteiger partial charge on any atom is -0.780 e. The van der Waals surface area contributed by atoms with Crippen molar-refractivity contribution in [3.8, 4) is 125 Å². The Kier molecular flexibility index (Phi) is 76.2. The van der Waals surface area contributed by atoms with Gasteiger partial charge in [-0.1, -0.05) is 200 Å². The first kappa shape index (κ1) is 129. The van der Waals surface area contributed by atoms with Crippen LogP contribution >= 0.6 is 0 Å². The first-order chi connectivity index (χ1) is 67.8. The molecule has 11 nitrogen and oxygen atoms in total. The van der Waals surface area contributed by atoms with Crippen molar-refractivity contribution in [3.05, 3.63) is 558 Å². The zero-order chi connectivity index (χ0) is 99.2. The monoisotopic (exact) mass is 2110 g/mol. The van der Waals surface area contributed by atoms with E-state index >= 15 is 0 Å². The number of aliphatic hydroxyl groups is 1. The zero-order valence-corrected chi connectivity index (χ0v) is 86.8. The quantitative estimate of drug-likeness (QED) is 0.0298. The van der Waals surface area contributed by atoms with Crippen molar-refractivity contribution in [2.75, 3.05) is 0 Å². The van der Waals surface area contributed by atoms with E-state index in [4.69, 9.17) is 38.3 Å². The maximum absolute atomic E-state index is 8.63. The number of nitriles is 1. The molecule has 5 heterocycles. The molecule has 0 amide bonds. The average molecular weight is 2110 g/mol. The van der Waals surface area contributed by atoms with Crippen molar-refractivity contribution in [2.45, 2.75) is 74.1 Å². The maximum atomic E-state index is 8.63. The van der Waals surface area contributed by atoms with Gasteiger partial charge in [0.25, 0.3) is 6.26 Å². The second-order valence-electron chi connectivity index (χ2n) is 28.3. The van der Waals surface area contributed by atoms with Gasteiger partial charge in [-0.2, -0.15) is 79.4 Å². The van der Waals surface area contributed by atoms with E-state index < -0.39 is 0 Å². The molecular weight excluding hydrogens is 2000 g/mol. The SMILES string of the molecule is C[CH-]C.C[CH-]C.C[CH-]C.C[CH-]C.C[CH-]C.N#CO.Oc1ccccc1.[N-]=C=O.[Ni+2].[Ni+2].[Ni+3].[Ni+3].[Ni+3].[S-]c1ccccc1.[c-]1ccccc1-c1cccc(-c2[c-]cccc2)n1.[c-]1ccccc1-c1cccc(-c2[c-]cccc2)n1.[c-]1ccccc1-c1cccc(-c2[c-]cccc2)n1.[c-]1ccccc1-c1cccc(-c2[c-]cccc2)n1.[c-]1ccccc1-c1cccc(-c2[c-]cccc2)n1.c1ccc([N-]c2ccccc2)cc1. The number of nitrogens with zero attached hydrogens (tertiary/aromatic N) is 8. The molecule has 735 valence electrons. The molecule has 0 bridgehead atoms. The van der Waals surface area contributed by atoms with Crippen LogP contribution in [0.3, 0.4) is 0 Å². The first-order valence-electron chi connectivity index (χ1n) is 44.4. The van der Waals surface area contributed by atoms with Gasteiger partial charge in [0.2, 0.25) is 0 Å². The minimum absolute atomic E-state index is 0. The summed E-state index contributed by atoms with van der Waals surface area (Å²) in [6, 6.07) is 179. The Labute approximate surface area is 907 Å². The van der Waals surface area contributed by atoms with E-state index in [0.29, 0.717) is 11.8 Å². The van der Waals surface area contributed by atoms with Crippen LogP contribution in [0.1, 0.15) is 69.2 Å². The summed E-state index contributed by atoms with van der Waals surface area (Å²) in [7, 11) is 0. The van der Waals surface area contributed by atoms with Crippen molar-refractivity contribution in [2.24, 2.45) is 0 Å². The van der Waals surface area contributed by atoms with Crippen LogP contribution in [0.15, 0.2) is 460 Å². The van der Waals surface area contributed by atoms with Crippen LogP contribution in [0.25, 0.3) is 123 Å². The van der Waals surface area contributed by atoms with Gasteiger partial charge in [0.15, 0.2) is 0 Å². The van der Waals surface area contributed by atoms with Gasteiger partial charge in [-0.05, 0) is 75.2 Å². The van der Waals surface area contributed by atoms with Gasteiger partial charge >= 0.3 is 82.5 Å². The average Bonchev–Trinajstić information content (AvgIpc) is 0.855. The molecule has 0 aliphatic rings. The van der Waals surface area contributed by atoms with Crippen LogP contribution < -0.4 is 0 Å². The number of carbonyl (C=O) groups excluding carboxylic acids is 1. The summed E-state index contributed by atoms with van der Waals surface area (Å²) in [6.45, 7) is 20.0. The molecule has 3 radical (unpaired) electrons. The number of isocyanates is 1. The standard InChI is InChI=1S/5C17H11N.C12H10N.C6H6O.C6H6S.5C3H7.CHNO.CNO.5Ni/c5*1-3-8-14(9-4-1)16-12-7-13-17(18-16)15-10-5-2-6-11-15;1-3-7-11(8-4-1)13-12-9-5-2-6-10-12;2*7-6-4-2-1-3-5-6;5*1-3-2;2*2-1-3;;;;;/h5*1-8,10,12-13H;1-10H;2*1-5,7H;5*3H,1-2H3;3H;;;;;;/q5*-2;-1;;;5*-1;;-1;2*+2;3*+3/p-1. The van der Waals surface area contributed by atoms with Gasteiger partial charge in [0.1, 0.15) is 5.75 Å². The summed E-state index contributed by atoms with van der Waals surface area (Å²) in [5, 5.41) is 33.6. The third-order valence-corrected chi connectivity index (χ3v) is 17.1. The summed E-state index contributed by atoms with van der Waals surface area (Å²) in [4.78, 5) is 32.4. The molecule has 2 N–H and O–H groups in total. The van der Waals surface area contributed by atoms with E-state index in [2.05, 4.69) is 90.9 Å². The van der Waals surface area contributed by atoms with E-state index in [0.717, 1.165) is 135 Å². The van der Waals surface area contributed by atoms with Crippen LogP contribution in [0.5, 0.6) is 5.75 Å². The van der Waals surface area contributed by atoms with Crippen molar-refractivity contribution in [3.63, 3.8) is 0 Å². The Morgan fingerprint density at radius 1 is 0.252 bits per heavy atom. The van der Waals surface area contributed by atoms with Crippen molar-refractivity contribution < 1.29 is 97.5 Å². The maximum Gasteiger partial charge on any atom is 3.00 e. The summed E-state index contributed by atoms with van der Waals surface area (Å²) >= 11 is 4.81. The number of hydrogen-bond acceptors (Lipinski definition) is 10. The number of hydrogen-bond donors (Lipinski definition) is 2. The molecule has 143 heavy (non-hydrogen) atoms. The molecule has 0 saturated heterocycles. The van der Waals surface area contributed by atoms with Crippen molar-refractivity contribution >= 4 is 30.1 Å². The fourth-order valence-corrected chi connectivity index (χ4v) is 11.4. The Morgan fingerprint density at radius 2 is 0.378 bits per heavy atom. The zero-order valence-electron chi connectivity index (χ0n) is 81.1. The number of aromatic hydroxyl groups is 1. The molecule has 14 aromatic carbocycles. The van der Waals surface area contributed by atoms with Gasteiger partial charge < -0.3 is 90.6 Å². The summed E-state index contributed by atoms with van der Waals surface area (Å²) in [6.07, 6.45) is 11.2. The fraction of sp³-hybridized carbons (Fsp3) is 0.0794. The molecular formula is C126H112N8Ni5O3S-5. The van der Waals surface area contributed by atoms with E-state index in [9.17, 15) is 0 Å². The summed E-state index contributed by atoms with van der Waals surface area (Å²) < 4.78 is 0. The molecule has 0 spiro atoms. The van der Waals surface area contributed by atoms with E-state index in [1.807, 2.05) is 532 Å². The second-order valence-corrected chi connectivity index (χ2v) is 28.8. The van der Waals surface area contributed by atoms with Crippen molar-refractivity contribution in [1.29, 1.82) is 5.26 Å². The summed E-state index contributed by atoms with van der Waals surface area (Å²) in [5.41, 5.74) is 21.4. The van der Waals surface area contributed by atoms with E-state index in [-0.39, 0.29) is 82.5 Å². The predicted molar refractivity (Wildman–Crippen MR) is 574 cm³/mol. The normalized spacial score (nSPS) is 8.87. The third-order valence-electron chi connectivity index (χ3n) is 16.9. The van der Waals surface area contributed by atoms with Crippen LogP contribution in [0.4, 0.5) is 11.4 Å². The molecule has 0 unspecified atom stereocenters. The Bertz CT molecular complexity index is 5250. The molecule has 19 aromatic rings. The Balaban J connectivity index is 0.00000158. The Morgan fingerprint density at radius 3 is 0.483 bits per heavy atom. The van der Waals surface area contributed by atoms with Crippen LogP contribution in [-0.2, 0) is 99.9 Å². The van der Waals surface area contributed by atoms with Gasteiger partial charge in [0, 0.05) is 0 Å². The minimum atomic E-state index is 0. The number of benzene rings is 14. The number of aromatic nitrogens is 5. The number of rotatable bonds is 12. The molecule has 17 heteroatoms. The van der Waals surface area contributed by atoms with Gasteiger partial charge in [-0.25, -0.2) is 0 Å². The molecule has 0 fully saturated rings. The first-order valence-corrected chi connectivity index (χ1v) is 44.8. The van der Waals surface area contributed by atoms with Crippen LogP contribution in [0.2, 0.25) is 0 Å². The third kappa shape index (κ3) is 55.0. The fourth-order valence-electron chi connectivity index (χ4n) is 11.2. The van der Waals surface area contributed by atoms with Gasteiger partial charge in [-0.3, -0.25) is 4.79 Å². The molecule has 0 aliphatic heterocycles. The van der Waals surface area contributed by atoms with E-state index in [1.54, 1.807) is 24.3 Å². The van der Waals surface area contributed by atoms with Crippen molar-refractivity contribution in [1.82, 2.24) is 24.9 Å². The van der Waals surface area contributed by atoms with Gasteiger partial charge in [0.05, 0.1) is 0 Å². The summed E-state index contributed by atoms with van der Waals surface area (Å²) in [5.74, 6) is 0.322. The number of para-hydroxylation sites is 3. The molecule has 5 aromatic heterocycles. The van der Waals surface area contributed by atoms with Crippen LogP contribution in [-0.4, -0.2) is 41.2 Å². The number of phenolic OH excluding ortho intramolecular Hbond substituents is 1. The van der Waals surface area contributed by atoms with Crippen LogP contribution in [0, 0.1) is 104 Å². The molecule has 0 atom stereocenters. The number of phenols is 1. The number of pyridine rings is 5. The Hall–Kier alpha value is -14.2. The second kappa shape index (κ2) is 84.6. The number of aliphatic hydroxyl groups excluding tert-OH is 1. The molecule has 19 rings (SSSR count). The predicted octanol–water partition coefficient (Wildman–Crippen LogP) is 33.0. The molecule has 0 aliphatic carbocycles. The largest absolute Gasteiger partial charge is 3.00 e. The van der Waals surface area contributed by atoms with Gasteiger partial charge in [-0.15, -0.1) is 370 Å².